The van der Waals surface area contributed by atoms with Gasteiger partial charge in [0, 0.05) is 31.3 Å². The van der Waals surface area contributed by atoms with Gasteiger partial charge in [0.15, 0.2) is 5.69 Å². The molecule has 34 heavy (non-hydrogen) atoms. The summed E-state index contributed by atoms with van der Waals surface area (Å²) in [7, 11) is 4.98. The second-order valence-corrected chi connectivity index (χ2v) is 8.75. The Morgan fingerprint density at radius 3 is 2.50 bits per heavy atom. The van der Waals surface area contributed by atoms with Crippen molar-refractivity contribution in [1.29, 1.82) is 0 Å². The number of aromatic nitrogens is 2. The Morgan fingerprint density at radius 2 is 1.91 bits per heavy atom. The number of likely N-dealkylation sites (N-methyl/N-ethyl adjacent to an activating group) is 1. The first kappa shape index (κ1) is 27.0. The molecule has 10 nitrogen and oxygen atoms in total. The molecular formula is C24H37N5O5. The third-order valence-corrected chi connectivity index (χ3v) is 5.41. The number of benzene rings is 1. The summed E-state index contributed by atoms with van der Waals surface area (Å²) in [6.07, 6.45) is 1.51. The van der Waals surface area contributed by atoms with Crippen molar-refractivity contribution in [1.82, 2.24) is 14.5 Å². The molecule has 1 aromatic heterocycles. The molecule has 188 valence electrons. The number of nitrogens with zero attached hydrogens (tertiary/aromatic N) is 3. The van der Waals surface area contributed by atoms with Gasteiger partial charge in [-0.1, -0.05) is 33.3 Å². The maximum atomic E-state index is 13.4. The highest BCUT2D eigenvalue weighted by Gasteiger charge is 2.25. The van der Waals surface area contributed by atoms with Crippen LogP contribution in [0.5, 0.6) is 11.5 Å². The Kier molecular flexibility index (Phi) is 9.73. The Labute approximate surface area is 200 Å². The predicted octanol–water partition coefficient (Wildman–Crippen LogP) is 2.06. The lowest BCUT2D eigenvalue weighted by molar-refractivity contribution is -0.119. The number of H-pyrrole nitrogens is 1. The van der Waals surface area contributed by atoms with Crippen molar-refractivity contribution in [2.24, 2.45) is 5.92 Å². The van der Waals surface area contributed by atoms with E-state index in [9.17, 15) is 14.4 Å². The number of methoxy groups -OCH3 is 2. The van der Waals surface area contributed by atoms with Crippen molar-refractivity contribution in [3.8, 4) is 11.5 Å². The second-order valence-electron chi connectivity index (χ2n) is 8.75. The van der Waals surface area contributed by atoms with Crippen LogP contribution in [0.2, 0.25) is 0 Å². The lowest BCUT2D eigenvalue weighted by Gasteiger charge is -2.27. The normalized spacial score (nSPS) is 11.2. The molecule has 0 atom stereocenters. The number of nitrogens with one attached hydrogen (secondary N) is 1. The first-order valence-corrected chi connectivity index (χ1v) is 11.4. The number of ether oxygens (including phenoxy) is 2. The minimum absolute atomic E-state index is 0.00591. The molecule has 0 radical (unpaired) electrons. The number of amides is 1. The monoisotopic (exact) mass is 475 g/mol. The maximum absolute atomic E-state index is 13.4. The number of aromatic amines is 1. The molecule has 1 heterocycles. The van der Waals surface area contributed by atoms with E-state index < -0.39 is 11.2 Å². The van der Waals surface area contributed by atoms with Gasteiger partial charge < -0.3 is 20.1 Å². The van der Waals surface area contributed by atoms with Gasteiger partial charge in [0.2, 0.25) is 5.91 Å². The Balaban J connectivity index is 2.33. The number of carbonyl (C=O) groups is 1. The van der Waals surface area contributed by atoms with E-state index >= 15 is 0 Å². The minimum Gasteiger partial charge on any atom is -0.497 e. The van der Waals surface area contributed by atoms with Gasteiger partial charge >= 0.3 is 5.69 Å². The van der Waals surface area contributed by atoms with Crippen molar-refractivity contribution >= 4 is 17.4 Å². The molecule has 0 saturated carbocycles. The Morgan fingerprint density at radius 1 is 1.21 bits per heavy atom. The highest BCUT2D eigenvalue weighted by molar-refractivity contribution is 5.96. The van der Waals surface area contributed by atoms with E-state index in [4.69, 9.17) is 15.2 Å². The molecule has 2 aromatic rings. The van der Waals surface area contributed by atoms with Gasteiger partial charge in [-0.3, -0.25) is 24.0 Å². The zero-order chi connectivity index (χ0) is 25.4. The summed E-state index contributed by atoms with van der Waals surface area (Å²) in [5.41, 5.74) is 5.95. The number of hydrogen-bond acceptors (Lipinski definition) is 7. The molecular weight excluding hydrogens is 438 g/mol. The predicted molar refractivity (Wildman–Crippen MR) is 134 cm³/mol. The van der Waals surface area contributed by atoms with E-state index in [0.717, 1.165) is 12.0 Å². The van der Waals surface area contributed by atoms with Crippen LogP contribution in [0.15, 0.2) is 27.8 Å². The van der Waals surface area contributed by atoms with Crippen LogP contribution in [0, 0.1) is 5.92 Å². The number of nitrogen functional groups attached to an aromatic ring is 1. The smallest absolute Gasteiger partial charge is 0.330 e. The zero-order valence-electron chi connectivity index (χ0n) is 21.0. The average molecular weight is 476 g/mol. The second kappa shape index (κ2) is 12.3. The van der Waals surface area contributed by atoms with Gasteiger partial charge in [-0.15, -0.1) is 0 Å². The summed E-state index contributed by atoms with van der Waals surface area (Å²) in [5, 5.41) is 0. The van der Waals surface area contributed by atoms with E-state index in [1.54, 1.807) is 20.3 Å². The van der Waals surface area contributed by atoms with Crippen molar-refractivity contribution in [3.05, 3.63) is 44.6 Å². The molecule has 0 aliphatic rings. The summed E-state index contributed by atoms with van der Waals surface area (Å²) < 4.78 is 12.0. The summed E-state index contributed by atoms with van der Waals surface area (Å²) in [6, 6.07) is 5.51. The van der Waals surface area contributed by atoms with Gasteiger partial charge in [0.05, 0.1) is 20.8 Å². The zero-order valence-corrected chi connectivity index (χ0v) is 21.0. The quantitative estimate of drug-likeness (QED) is 0.482. The number of hydrogen-bond donors (Lipinski definition) is 2. The van der Waals surface area contributed by atoms with E-state index in [1.165, 1.54) is 9.47 Å². The third-order valence-electron chi connectivity index (χ3n) is 5.41. The highest BCUT2D eigenvalue weighted by Crippen LogP contribution is 2.26. The first-order chi connectivity index (χ1) is 16.1. The number of rotatable bonds is 12. The van der Waals surface area contributed by atoms with Gasteiger partial charge in [0.1, 0.15) is 17.3 Å². The molecule has 0 unspecified atom stereocenters. The van der Waals surface area contributed by atoms with Gasteiger partial charge in [-0.2, -0.15) is 0 Å². The first-order valence-electron chi connectivity index (χ1n) is 11.4. The van der Waals surface area contributed by atoms with E-state index in [1.807, 2.05) is 44.9 Å². The minimum atomic E-state index is -0.661. The molecule has 0 saturated heterocycles. The molecule has 1 aromatic carbocycles. The van der Waals surface area contributed by atoms with Crippen LogP contribution >= 0.6 is 0 Å². The molecule has 2 rings (SSSR count). The topological polar surface area (TPSA) is 123 Å². The Hall–Kier alpha value is -3.27. The van der Waals surface area contributed by atoms with Crippen LogP contribution in [-0.4, -0.2) is 54.7 Å². The standard InChI is InChI=1S/C24H37N5O5/c1-7-8-11-28(21-22(25)29(13-16(2)3)24(32)26-23(21)31)20(30)15-27(4)14-17-9-10-18(33-5)12-19(17)34-6/h9-10,12,16H,7-8,11,13-15,25H2,1-6H3,(H,26,31,32). The van der Waals surface area contributed by atoms with Crippen molar-refractivity contribution < 1.29 is 14.3 Å². The van der Waals surface area contributed by atoms with Crippen LogP contribution in [0.25, 0.3) is 0 Å². The SMILES string of the molecule is CCCCN(C(=O)CN(C)Cc1ccc(OC)cc1OC)c1c(N)n(CC(C)C)c(=O)[nH]c1=O. The third kappa shape index (κ3) is 6.63. The summed E-state index contributed by atoms with van der Waals surface area (Å²) in [6.45, 7) is 7.03. The average Bonchev–Trinajstić information content (AvgIpc) is 2.78. The lowest BCUT2D eigenvalue weighted by Crippen LogP contribution is -2.45. The summed E-state index contributed by atoms with van der Waals surface area (Å²) in [4.78, 5) is 44.0. The largest absolute Gasteiger partial charge is 0.497 e. The van der Waals surface area contributed by atoms with Gasteiger partial charge in [0.25, 0.3) is 5.56 Å². The molecule has 0 bridgehead atoms. The van der Waals surface area contributed by atoms with E-state index in [2.05, 4.69) is 4.98 Å². The lowest BCUT2D eigenvalue weighted by atomic mass is 10.1. The van der Waals surface area contributed by atoms with Crippen LogP contribution in [-0.2, 0) is 17.9 Å². The van der Waals surface area contributed by atoms with Crippen LogP contribution in [0.3, 0.4) is 0 Å². The number of anilines is 2. The Bertz CT molecular complexity index is 1090. The summed E-state index contributed by atoms with van der Waals surface area (Å²) in [5.74, 6) is 1.19. The number of nitrogens with two attached hydrogens (primary N) is 1. The fourth-order valence-electron chi connectivity index (χ4n) is 3.71. The number of carbonyl (C=O) groups excluding carboxylic acids is 1. The van der Waals surface area contributed by atoms with Crippen LogP contribution < -0.4 is 31.4 Å². The molecule has 0 fully saturated rings. The molecule has 10 heteroatoms. The van der Waals surface area contributed by atoms with Crippen LogP contribution in [0.1, 0.15) is 39.2 Å². The molecule has 3 N–H and O–H groups in total. The van der Waals surface area contributed by atoms with Crippen molar-refractivity contribution in [2.75, 3.05) is 45.0 Å². The molecule has 1 amide bonds. The van der Waals surface area contributed by atoms with Crippen molar-refractivity contribution in [2.45, 2.75) is 46.7 Å². The van der Waals surface area contributed by atoms with Gasteiger partial charge in [-0.25, -0.2) is 4.79 Å². The van der Waals surface area contributed by atoms with Crippen molar-refractivity contribution in [3.63, 3.8) is 0 Å². The van der Waals surface area contributed by atoms with Gasteiger partial charge in [-0.05, 0) is 25.5 Å². The fraction of sp³-hybridized carbons (Fsp3) is 0.542. The summed E-state index contributed by atoms with van der Waals surface area (Å²) >= 11 is 0. The van der Waals surface area contributed by atoms with E-state index in [-0.39, 0.29) is 29.9 Å². The molecule has 0 spiro atoms. The maximum Gasteiger partial charge on any atom is 0.330 e. The highest BCUT2D eigenvalue weighted by atomic mass is 16.5. The fourth-order valence-corrected chi connectivity index (χ4v) is 3.71. The van der Waals surface area contributed by atoms with Crippen LogP contribution in [0.4, 0.5) is 11.5 Å². The molecule has 0 aliphatic carbocycles. The number of unbranched alkanes of at least 4 members (excludes halogenated alkanes) is 1. The molecule has 0 aliphatic heterocycles. The van der Waals surface area contributed by atoms with E-state index in [0.29, 0.717) is 37.6 Å².